The van der Waals surface area contributed by atoms with Gasteiger partial charge in [0.15, 0.2) is 0 Å². The zero-order valence-corrected chi connectivity index (χ0v) is 5.38. The highest BCUT2D eigenvalue weighted by molar-refractivity contribution is 6.54. The van der Waals surface area contributed by atoms with E-state index in [2.05, 4.69) is 7.85 Å². The summed E-state index contributed by atoms with van der Waals surface area (Å²) < 4.78 is 0. The van der Waals surface area contributed by atoms with Gasteiger partial charge in [0.1, 0.15) is 0 Å². The van der Waals surface area contributed by atoms with Crippen LogP contribution in [0.2, 0.25) is 0 Å². The maximum Gasteiger partial charge on any atom is 0.233 e. The summed E-state index contributed by atoms with van der Waals surface area (Å²) in [5.74, 6) is -1.33. The van der Waals surface area contributed by atoms with Gasteiger partial charge in [-0.25, -0.2) is 0 Å². The molecule has 0 bridgehead atoms. The molecule has 0 heterocycles. The van der Waals surface area contributed by atoms with Crippen molar-refractivity contribution in [3.63, 3.8) is 0 Å². The van der Waals surface area contributed by atoms with E-state index < -0.39 is 5.87 Å². The van der Waals surface area contributed by atoms with Crippen LogP contribution in [0.4, 0.5) is 4.79 Å². The van der Waals surface area contributed by atoms with Crippen molar-refractivity contribution in [1.82, 2.24) is 4.90 Å². The monoisotopic (exact) mass is 115 g/mol. The normalized spacial score (nSPS) is 7.50. The molecule has 4 heteroatoms. The highest BCUT2D eigenvalue weighted by Crippen LogP contribution is 1.47. The second-order valence-corrected chi connectivity index (χ2v) is 1.68. The minimum absolute atomic E-state index is 1.33. The molecule has 0 spiro atoms. The molecule has 1 N–H and O–H groups in total. The van der Waals surface area contributed by atoms with Crippen molar-refractivity contribution in [2.24, 2.45) is 0 Å². The summed E-state index contributed by atoms with van der Waals surface area (Å²) in [5, 5.41) is 7.19. The Balaban J connectivity index is 0. The first-order chi connectivity index (χ1) is 3.46. The van der Waals surface area contributed by atoms with Gasteiger partial charge in [0.05, 0.1) is 0 Å². The number of carbonyl (C=O) groups is 1. The molecule has 0 rings (SSSR count). The van der Waals surface area contributed by atoms with E-state index in [1.807, 2.05) is 26.0 Å². The third-order valence-electron chi connectivity index (χ3n) is 0. The minimum atomic E-state index is -1.33. The molecule has 0 aliphatic carbocycles. The summed E-state index contributed by atoms with van der Waals surface area (Å²) in [6.07, 6.45) is 0. The molecule has 0 aliphatic heterocycles. The summed E-state index contributed by atoms with van der Waals surface area (Å²) in [6, 6.07) is 0. The van der Waals surface area contributed by atoms with Crippen molar-refractivity contribution in [3.05, 3.63) is 0 Å². The Morgan fingerprint density at radius 1 is 1.50 bits per heavy atom. The number of nitrogens with zero attached hydrogens (tertiary/aromatic N) is 1. The highest BCUT2D eigenvalue weighted by atomic mass is 16.4. The molecular weight excluding hydrogens is 105 g/mol. The van der Waals surface area contributed by atoms with E-state index in [-0.39, 0.29) is 0 Å². The van der Waals surface area contributed by atoms with Crippen molar-refractivity contribution >= 4 is 13.7 Å². The smallest absolute Gasteiger partial charge is 0.233 e. The molecule has 3 nitrogen and oxygen atoms in total. The van der Waals surface area contributed by atoms with Gasteiger partial charge in [-0.05, 0) is 21.1 Å². The Bertz CT molecular complexity index is 58.3. The maximum atomic E-state index is 8.78. The van der Waals surface area contributed by atoms with Gasteiger partial charge in [-0.15, -0.1) is 0 Å². The third kappa shape index (κ3) is 435. The van der Waals surface area contributed by atoms with Crippen molar-refractivity contribution in [3.8, 4) is 0 Å². The van der Waals surface area contributed by atoms with Crippen LogP contribution in [0.5, 0.6) is 0 Å². The van der Waals surface area contributed by atoms with Gasteiger partial charge in [0, 0.05) is 0 Å². The van der Waals surface area contributed by atoms with E-state index in [1.165, 1.54) is 0 Å². The molecule has 0 aliphatic rings. The predicted molar refractivity (Wildman–Crippen MR) is 33.4 cm³/mol. The minimum Gasteiger partial charge on any atom is -0.490 e. The molecule has 0 saturated heterocycles. The summed E-state index contributed by atoms with van der Waals surface area (Å²) in [5.41, 5.74) is 0. The van der Waals surface area contributed by atoms with Crippen LogP contribution in [0.1, 0.15) is 0 Å². The fourth-order valence-electron chi connectivity index (χ4n) is 0. The van der Waals surface area contributed by atoms with Crippen molar-refractivity contribution in [2.45, 2.75) is 0 Å². The first-order valence-corrected chi connectivity index (χ1v) is 2.06. The number of hydrogen-bond acceptors (Lipinski definition) is 2. The lowest BCUT2D eigenvalue weighted by Crippen LogP contribution is -1.99. The van der Waals surface area contributed by atoms with E-state index in [0.717, 1.165) is 0 Å². The van der Waals surface area contributed by atoms with Gasteiger partial charge in [0.25, 0.3) is 0 Å². The number of carboxylic acid groups (broad SMARTS) is 1. The Hall–Kier alpha value is -0.505. The zero-order chi connectivity index (χ0) is 7.15. The van der Waals surface area contributed by atoms with Crippen LogP contribution in [-0.4, -0.2) is 44.9 Å². The van der Waals surface area contributed by atoms with E-state index >= 15 is 0 Å². The van der Waals surface area contributed by atoms with Crippen LogP contribution < -0.4 is 0 Å². The van der Waals surface area contributed by atoms with Gasteiger partial charge in [-0.1, -0.05) is 0 Å². The SMILES string of the molecule is CN(C)C.[B]C(=O)O. The zero-order valence-electron chi connectivity index (χ0n) is 5.38. The Kier molecular flexibility index (Phi) is 8.50. The van der Waals surface area contributed by atoms with E-state index in [9.17, 15) is 0 Å². The fraction of sp³-hybridized carbons (Fsp3) is 0.750. The molecule has 0 aromatic rings. The van der Waals surface area contributed by atoms with Crippen LogP contribution >= 0.6 is 0 Å². The van der Waals surface area contributed by atoms with Gasteiger partial charge in [0.2, 0.25) is 13.7 Å². The second-order valence-electron chi connectivity index (χ2n) is 1.68. The Morgan fingerprint density at radius 2 is 1.50 bits per heavy atom. The first-order valence-electron chi connectivity index (χ1n) is 2.06. The quantitative estimate of drug-likeness (QED) is 0.452. The van der Waals surface area contributed by atoms with Crippen LogP contribution in [0.25, 0.3) is 0 Å². The molecule has 2 radical (unpaired) electrons. The molecule has 0 saturated carbocycles. The average Bonchev–Trinajstić information content (AvgIpc) is 1.25. The summed E-state index contributed by atoms with van der Waals surface area (Å²) in [6.45, 7) is 0. The van der Waals surface area contributed by atoms with Crippen molar-refractivity contribution in [2.75, 3.05) is 21.1 Å². The molecule has 46 valence electrons. The van der Waals surface area contributed by atoms with Crippen molar-refractivity contribution < 1.29 is 9.90 Å². The fourth-order valence-corrected chi connectivity index (χ4v) is 0. The Morgan fingerprint density at radius 3 is 1.50 bits per heavy atom. The molecule has 0 atom stereocenters. The molecule has 0 fully saturated rings. The van der Waals surface area contributed by atoms with Gasteiger partial charge < -0.3 is 10.0 Å². The van der Waals surface area contributed by atoms with E-state index in [0.29, 0.717) is 0 Å². The first kappa shape index (κ1) is 10.5. The summed E-state index contributed by atoms with van der Waals surface area (Å²) in [4.78, 5) is 10.8. The van der Waals surface area contributed by atoms with Crippen LogP contribution in [0.15, 0.2) is 0 Å². The lowest BCUT2D eigenvalue weighted by atomic mass is 10.2. The standard InChI is InChI=1S/C3H9N.CHBO2/c1-4(2)3;2-1(3)4/h1-3H3;(H,3,4). The Labute approximate surface area is 50.7 Å². The molecule has 0 amide bonds. The lowest BCUT2D eigenvalue weighted by Gasteiger charge is -1.90. The average molecular weight is 115 g/mol. The molecule has 0 aromatic carbocycles. The second kappa shape index (κ2) is 6.49. The topological polar surface area (TPSA) is 40.5 Å². The molecular formula is C4H10BNO2. The largest absolute Gasteiger partial charge is 0.490 e. The van der Waals surface area contributed by atoms with Crippen LogP contribution in [0, 0.1) is 0 Å². The van der Waals surface area contributed by atoms with Crippen LogP contribution in [0.3, 0.4) is 0 Å². The predicted octanol–water partition coefficient (Wildman–Crippen LogP) is 0.0107. The molecule has 0 unspecified atom stereocenters. The van der Waals surface area contributed by atoms with E-state index in [4.69, 9.17) is 9.90 Å². The lowest BCUT2D eigenvalue weighted by molar-refractivity contribution is 0.220. The van der Waals surface area contributed by atoms with Gasteiger partial charge in [-0.2, -0.15) is 0 Å². The molecule has 0 aromatic heterocycles. The van der Waals surface area contributed by atoms with Crippen LogP contribution in [-0.2, 0) is 0 Å². The van der Waals surface area contributed by atoms with Gasteiger partial charge in [-0.3, -0.25) is 4.79 Å². The number of rotatable bonds is 0. The summed E-state index contributed by atoms with van der Waals surface area (Å²) in [7, 11) is 10.0. The van der Waals surface area contributed by atoms with E-state index in [1.54, 1.807) is 0 Å². The van der Waals surface area contributed by atoms with Crippen molar-refractivity contribution in [1.29, 1.82) is 0 Å². The third-order valence-corrected chi connectivity index (χ3v) is 0. The molecule has 8 heavy (non-hydrogen) atoms. The highest BCUT2D eigenvalue weighted by Gasteiger charge is 1.66. The van der Waals surface area contributed by atoms with Gasteiger partial charge >= 0.3 is 0 Å². The number of hydrogen-bond donors (Lipinski definition) is 1. The maximum absolute atomic E-state index is 8.78. The summed E-state index contributed by atoms with van der Waals surface area (Å²) >= 11 is 0.